The summed E-state index contributed by atoms with van der Waals surface area (Å²) in [5.74, 6) is -0.849. The molecule has 1 aliphatic heterocycles. The summed E-state index contributed by atoms with van der Waals surface area (Å²) in [4.78, 5) is 17.3. The number of rotatable bonds is 6. The number of sulfonamides is 1. The first-order chi connectivity index (χ1) is 16.9. The summed E-state index contributed by atoms with van der Waals surface area (Å²) in [5, 5.41) is 3.95. The lowest BCUT2D eigenvalue weighted by Gasteiger charge is -2.23. The Morgan fingerprint density at radius 2 is 1.80 bits per heavy atom. The van der Waals surface area contributed by atoms with Crippen molar-refractivity contribution in [3.8, 4) is 11.1 Å². The summed E-state index contributed by atoms with van der Waals surface area (Å²) in [6.45, 7) is 0.535. The Morgan fingerprint density at radius 1 is 1.00 bits per heavy atom. The second-order valence-corrected chi connectivity index (χ2v) is 10.4. The predicted molar refractivity (Wildman–Crippen MR) is 132 cm³/mol. The molecule has 0 radical (unpaired) electrons. The van der Waals surface area contributed by atoms with Gasteiger partial charge >= 0.3 is 0 Å². The van der Waals surface area contributed by atoms with Crippen molar-refractivity contribution in [1.82, 2.24) is 14.6 Å². The second-order valence-electron chi connectivity index (χ2n) is 8.56. The monoisotopic (exact) mass is 489 g/mol. The molecule has 5 rings (SSSR count). The maximum atomic E-state index is 13.2. The zero-order chi connectivity index (χ0) is 24.4. The molecule has 1 amide bonds. The summed E-state index contributed by atoms with van der Waals surface area (Å²) >= 11 is 0. The molecule has 0 saturated carbocycles. The number of amides is 1. The molecule has 1 saturated heterocycles. The molecule has 1 aliphatic rings. The number of fused-ring (bicyclic) bond motifs is 1. The number of hydrogen-bond donors (Lipinski definition) is 1. The number of halogens is 1. The van der Waals surface area contributed by atoms with E-state index in [0.29, 0.717) is 12.8 Å². The summed E-state index contributed by atoms with van der Waals surface area (Å²) < 4.78 is 40.6. The van der Waals surface area contributed by atoms with E-state index in [2.05, 4.69) is 16.4 Å². The highest BCUT2D eigenvalue weighted by Crippen LogP contribution is 2.27. The SMILES string of the molecule is O=C(NCc1cccc(-c2ccc3ncccc3c2)c1)[C@@H]1CCCN1S(=O)(=O)c1ccc(F)cc1. The number of nitrogens with one attached hydrogen (secondary N) is 1. The molecule has 1 N–H and O–H groups in total. The van der Waals surface area contributed by atoms with E-state index in [1.165, 1.54) is 16.4 Å². The van der Waals surface area contributed by atoms with Gasteiger partial charge in [0.1, 0.15) is 11.9 Å². The third-order valence-corrected chi connectivity index (χ3v) is 8.18. The van der Waals surface area contributed by atoms with Crippen LogP contribution in [0.1, 0.15) is 18.4 Å². The molecule has 3 aromatic carbocycles. The fraction of sp³-hybridized carbons (Fsp3) is 0.185. The molecule has 178 valence electrons. The van der Waals surface area contributed by atoms with Crippen molar-refractivity contribution in [3.63, 3.8) is 0 Å². The van der Waals surface area contributed by atoms with Gasteiger partial charge in [0.05, 0.1) is 10.4 Å². The van der Waals surface area contributed by atoms with Gasteiger partial charge in [0.15, 0.2) is 0 Å². The quantitative estimate of drug-likeness (QED) is 0.432. The fourth-order valence-electron chi connectivity index (χ4n) is 4.45. The molecule has 35 heavy (non-hydrogen) atoms. The highest BCUT2D eigenvalue weighted by molar-refractivity contribution is 7.89. The van der Waals surface area contributed by atoms with E-state index in [-0.39, 0.29) is 23.9 Å². The van der Waals surface area contributed by atoms with E-state index in [4.69, 9.17) is 0 Å². The van der Waals surface area contributed by atoms with Crippen LogP contribution in [0.25, 0.3) is 22.0 Å². The van der Waals surface area contributed by atoms with Crippen molar-refractivity contribution in [1.29, 1.82) is 0 Å². The zero-order valence-electron chi connectivity index (χ0n) is 18.9. The van der Waals surface area contributed by atoms with Gasteiger partial charge in [-0.1, -0.05) is 30.3 Å². The number of carbonyl (C=O) groups excluding carboxylic acids is 1. The molecule has 6 nitrogen and oxygen atoms in total. The normalized spacial score (nSPS) is 16.4. The fourth-order valence-corrected chi connectivity index (χ4v) is 6.11. The minimum Gasteiger partial charge on any atom is -0.351 e. The van der Waals surface area contributed by atoms with Crippen LogP contribution in [-0.2, 0) is 21.4 Å². The molecule has 0 spiro atoms. The van der Waals surface area contributed by atoms with E-state index in [9.17, 15) is 17.6 Å². The number of nitrogens with zero attached hydrogens (tertiary/aromatic N) is 2. The average molecular weight is 490 g/mol. The smallest absolute Gasteiger partial charge is 0.243 e. The standard InChI is InChI=1S/C27H24FN3O3S/c28-23-9-11-24(12-10-23)35(33,34)31-15-3-7-26(31)27(32)30-18-19-4-1-5-20(16-19)21-8-13-25-22(17-21)6-2-14-29-25/h1-2,4-6,8-14,16-17,26H,3,7,15,18H2,(H,30,32)/t26-/m0/s1. The van der Waals surface area contributed by atoms with E-state index >= 15 is 0 Å². The van der Waals surface area contributed by atoms with Crippen molar-refractivity contribution in [2.75, 3.05) is 6.54 Å². The number of benzene rings is 3. The Morgan fingerprint density at radius 3 is 2.63 bits per heavy atom. The largest absolute Gasteiger partial charge is 0.351 e. The van der Waals surface area contributed by atoms with Gasteiger partial charge in [-0.3, -0.25) is 9.78 Å². The van der Waals surface area contributed by atoms with Crippen LogP contribution in [-0.4, -0.2) is 36.2 Å². The third kappa shape index (κ3) is 4.80. The highest BCUT2D eigenvalue weighted by atomic mass is 32.2. The Hall–Kier alpha value is -3.62. The lowest BCUT2D eigenvalue weighted by atomic mass is 10.0. The molecule has 0 unspecified atom stereocenters. The molecule has 8 heteroatoms. The maximum absolute atomic E-state index is 13.2. The van der Waals surface area contributed by atoms with Crippen molar-refractivity contribution in [2.45, 2.75) is 30.3 Å². The molecular weight excluding hydrogens is 465 g/mol. The molecule has 0 bridgehead atoms. The summed E-state index contributed by atoms with van der Waals surface area (Å²) in [5.41, 5.74) is 3.90. The maximum Gasteiger partial charge on any atom is 0.243 e. The van der Waals surface area contributed by atoms with Crippen molar-refractivity contribution < 1.29 is 17.6 Å². The Labute approximate surface area is 203 Å². The number of hydrogen-bond acceptors (Lipinski definition) is 4. The highest BCUT2D eigenvalue weighted by Gasteiger charge is 2.39. The Bertz CT molecular complexity index is 1490. The first kappa shape index (κ1) is 23.1. The second kappa shape index (κ2) is 9.56. The predicted octanol–water partition coefficient (Wildman–Crippen LogP) is 4.51. The minimum atomic E-state index is -3.89. The van der Waals surface area contributed by atoms with Crippen molar-refractivity contribution >= 4 is 26.8 Å². The van der Waals surface area contributed by atoms with Crippen LogP contribution in [0.2, 0.25) is 0 Å². The van der Waals surface area contributed by atoms with Gasteiger partial charge < -0.3 is 5.32 Å². The molecule has 1 atom stereocenters. The zero-order valence-corrected chi connectivity index (χ0v) is 19.7. The van der Waals surface area contributed by atoms with Gasteiger partial charge in [-0.05, 0) is 78.1 Å². The molecule has 2 heterocycles. The van der Waals surface area contributed by atoms with Crippen LogP contribution in [0.4, 0.5) is 4.39 Å². The van der Waals surface area contributed by atoms with Gasteiger partial charge in [0, 0.05) is 24.7 Å². The minimum absolute atomic E-state index is 0.0168. The van der Waals surface area contributed by atoms with E-state index in [1.54, 1.807) is 6.20 Å². The molecular formula is C27H24FN3O3S. The first-order valence-electron chi connectivity index (χ1n) is 11.4. The van der Waals surface area contributed by atoms with Gasteiger partial charge in [0.2, 0.25) is 15.9 Å². The van der Waals surface area contributed by atoms with Crippen LogP contribution in [0.15, 0.2) is 90.0 Å². The Balaban J connectivity index is 1.29. The van der Waals surface area contributed by atoms with Gasteiger partial charge in [-0.25, -0.2) is 12.8 Å². The third-order valence-electron chi connectivity index (χ3n) is 6.26. The average Bonchev–Trinajstić information content (AvgIpc) is 3.39. The van der Waals surface area contributed by atoms with Gasteiger partial charge in [0.25, 0.3) is 0 Å². The summed E-state index contributed by atoms with van der Waals surface area (Å²) in [6.07, 6.45) is 2.80. The number of pyridine rings is 1. The van der Waals surface area contributed by atoms with Crippen LogP contribution >= 0.6 is 0 Å². The lowest BCUT2D eigenvalue weighted by molar-refractivity contribution is -0.124. The van der Waals surface area contributed by atoms with Crippen LogP contribution in [0.5, 0.6) is 0 Å². The van der Waals surface area contributed by atoms with E-state index < -0.39 is 21.9 Å². The topological polar surface area (TPSA) is 79.4 Å². The van der Waals surface area contributed by atoms with Crippen molar-refractivity contribution in [2.24, 2.45) is 0 Å². The molecule has 1 aromatic heterocycles. The van der Waals surface area contributed by atoms with Gasteiger partial charge in [-0.15, -0.1) is 0 Å². The number of aromatic nitrogens is 1. The van der Waals surface area contributed by atoms with Crippen molar-refractivity contribution in [3.05, 3.63) is 96.4 Å². The number of carbonyl (C=O) groups is 1. The van der Waals surface area contributed by atoms with Crippen LogP contribution < -0.4 is 5.32 Å². The summed E-state index contributed by atoms with van der Waals surface area (Å²) in [6, 6.07) is 21.8. The molecule has 1 fully saturated rings. The summed E-state index contributed by atoms with van der Waals surface area (Å²) in [7, 11) is -3.89. The Kier molecular flexibility index (Phi) is 6.32. The lowest BCUT2D eigenvalue weighted by Crippen LogP contribution is -2.45. The molecule has 4 aromatic rings. The van der Waals surface area contributed by atoms with Crippen LogP contribution in [0, 0.1) is 5.82 Å². The first-order valence-corrected chi connectivity index (χ1v) is 12.8. The van der Waals surface area contributed by atoms with E-state index in [1.807, 2.05) is 48.5 Å². The van der Waals surface area contributed by atoms with Crippen LogP contribution in [0.3, 0.4) is 0 Å². The van der Waals surface area contributed by atoms with Gasteiger partial charge in [-0.2, -0.15) is 4.31 Å². The molecule has 0 aliphatic carbocycles. The van der Waals surface area contributed by atoms with E-state index in [0.717, 1.165) is 39.7 Å².